The van der Waals surface area contributed by atoms with Gasteiger partial charge in [-0.3, -0.25) is 9.59 Å². The standard InChI is InChI=1S/C17H16N6O2/c18-15(24)12-9-21-23-14(5-6-19-16(12)23)17(25)22-11-7-10-3-1-2-4-13(10)20-8-11/h1-6,9,11,20H,7-8H2,(H2,18,24)(H,22,25). The number of nitrogens with zero attached hydrogens (tertiary/aromatic N) is 3. The Morgan fingerprint density at radius 3 is 2.96 bits per heavy atom. The molecule has 4 rings (SSSR count). The monoisotopic (exact) mass is 336 g/mol. The van der Waals surface area contributed by atoms with Gasteiger partial charge in [0.1, 0.15) is 11.3 Å². The molecule has 2 amide bonds. The van der Waals surface area contributed by atoms with Crippen molar-refractivity contribution in [3.05, 3.63) is 59.5 Å². The predicted octanol–water partition coefficient (Wildman–Crippen LogP) is 0.595. The van der Waals surface area contributed by atoms with Crippen molar-refractivity contribution in [3.63, 3.8) is 0 Å². The molecule has 3 heterocycles. The third-order valence-corrected chi connectivity index (χ3v) is 4.26. The summed E-state index contributed by atoms with van der Waals surface area (Å²) >= 11 is 0. The largest absolute Gasteiger partial charge is 0.383 e. The second-order valence-electron chi connectivity index (χ2n) is 5.90. The maximum absolute atomic E-state index is 12.7. The van der Waals surface area contributed by atoms with E-state index in [1.54, 1.807) is 6.07 Å². The molecule has 25 heavy (non-hydrogen) atoms. The van der Waals surface area contributed by atoms with Gasteiger partial charge in [0.15, 0.2) is 5.65 Å². The molecule has 1 atom stereocenters. The van der Waals surface area contributed by atoms with Gasteiger partial charge >= 0.3 is 0 Å². The van der Waals surface area contributed by atoms with Gasteiger partial charge in [0.2, 0.25) is 0 Å². The number of fused-ring (bicyclic) bond motifs is 2. The van der Waals surface area contributed by atoms with Gasteiger partial charge < -0.3 is 16.4 Å². The van der Waals surface area contributed by atoms with Crippen molar-refractivity contribution in [1.82, 2.24) is 19.9 Å². The highest BCUT2D eigenvalue weighted by Crippen LogP contribution is 2.21. The van der Waals surface area contributed by atoms with Crippen LogP contribution in [-0.4, -0.2) is 39.0 Å². The van der Waals surface area contributed by atoms with Crippen LogP contribution in [0.15, 0.2) is 42.7 Å². The summed E-state index contributed by atoms with van der Waals surface area (Å²) in [6.45, 7) is 0.641. The predicted molar refractivity (Wildman–Crippen MR) is 91.4 cm³/mol. The van der Waals surface area contributed by atoms with Crippen molar-refractivity contribution >= 4 is 23.1 Å². The van der Waals surface area contributed by atoms with Gasteiger partial charge in [0.05, 0.1) is 12.2 Å². The molecule has 1 aliphatic heterocycles. The van der Waals surface area contributed by atoms with Crippen LogP contribution >= 0.6 is 0 Å². The van der Waals surface area contributed by atoms with Crippen molar-refractivity contribution in [3.8, 4) is 0 Å². The molecule has 3 aromatic rings. The molecule has 0 fully saturated rings. The minimum atomic E-state index is -0.631. The SMILES string of the molecule is NC(=O)c1cnn2c(C(=O)NC3CNc4ccccc4C3)ccnc12. The summed E-state index contributed by atoms with van der Waals surface area (Å²) in [5, 5.41) is 10.4. The Hall–Kier alpha value is -3.42. The molecule has 1 unspecified atom stereocenters. The van der Waals surface area contributed by atoms with Crippen molar-refractivity contribution in [1.29, 1.82) is 0 Å². The number of amides is 2. The number of hydrogen-bond donors (Lipinski definition) is 3. The molecule has 8 heteroatoms. The van der Waals surface area contributed by atoms with E-state index < -0.39 is 5.91 Å². The van der Waals surface area contributed by atoms with Crippen molar-refractivity contribution in [2.75, 3.05) is 11.9 Å². The second-order valence-corrected chi connectivity index (χ2v) is 5.90. The number of nitrogens with one attached hydrogen (secondary N) is 2. The molecule has 2 aromatic heterocycles. The molecule has 0 saturated carbocycles. The Labute approximate surface area is 143 Å². The van der Waals surface area contributed by atoms with Gasteiger partial charge in [-0.25, -0.2) is 9.50 Å². The van der Waals surface area contributed by atoms with Crippen LogP contribution in [0.1, 0.15) is 26.4 Å². The van der Waals surface area contributed by atoms with E-state index in [1.807, 2.05) is 24.3 Å². The number of rotatable bonds is 3. The molecule has 0 saturated heterocycles. The molecule has 1 aromatic carbocycles. The Morgan fingerprint density at radius 2 is 2.12 bits per heavy atom. The maximum Gasteiger partial charge on any atom is 0.270 e. The van der Waals surface area contributed by atoms with E-state index in [-0.39, 0.29) is 23.2 Å². The molecule has 4 N–H and O–H groups in total. The third kappa shape index (κ3) is 2.67. The van der Waals surface area contributed by atoms with Crippen LogP contribution < -0.4 is 16.4 Å². The number of anilines is 1. The van der Waals surface area contributed by atoms with E-state index in [9.17, 15) is 9.59 Å². The first-order valence-electron chi connectivity index (χ1n) is 7.88. The van der Waals surface area contributed by atoms with Crippen LogP contribution in [-0.2, 0) is 6.42 Å². The quantitative estimate of drug-likeness (QED) is 0.648. The third-order valence-electron chi connectivity index (χ3n) is 4.26. The number of para-hydroxylation sites is 1. The molecule has 126 valence electrons. The summed E-state index contributed by atoms with van der Waals surface area (Å²) in [5.41, 5.74) is 8.32. The number of aromatic nitrogens is 3. The van der Waals surface area contributed by atoms with Gasteiger partial charge in [-0.2, -0.15) is 5.10 Å². The summed E-state index contributed by atoms with van der Waals surface area (Å²) in [4.78, 5) is 28.2. The van der Waals surface area contributed by atoms with Gasteiger partial charge in [-0.05, 0) is 24.1 Å². The molecule has 1 aliphatic rings. The number of primary amides is 1. The van der Waals surface area contributed by atoms with E-state index in [4.69, 9.17) is 5.73 Å². The Bertz CT molecular complexity index is 980. The van der Waals surface area contributed by atoms with Gasteiger partial charge in [0, 0.05) is 18.4 Å². The first-order valence-corrected chi connectivity index (χ1v) is 7.88. The number of nitrogens with two attached hydrogens (primary N) is 1. The van der Waals surface area contributed by atoms with E-state index in [0.29, 0.717) is 12.2 Å². The fourth-order valence-electron chi connectivity index (χ4n) is 3.04. The molecular weight excluding hydrogens is 320 g/mol. The molecule has 0 aliphatic carbocycles. The fourth-order valence-corrected chi connectivity index (χ4v) is 3.04. The topological polar surface area (TPSA) is 114 Å². The molecule has 0 spiro atoms. The first kappa shape index (κ1) is 15.1. The van der Waals surface area contributed by atoms with E-state index >= 15 is 0 Å². The van der Waals surface area contributed by atoms with Crippen LogP contribution in [0.3, 0.4) is 0 Å². The number of benzene rings is 1. The highest BCUT2D eigenvalue weighted by atomic mass is 16.2. The Kier molecular flexibility index (Phi) is 3.57. The molecule has 0 bridgehead atoms. The average Bonchev–Trinajstić information content (AvgIpc) is 3.06. The van der Waals surface area contributed by atoms with Crippen LogP contribution in [0.2, 0.25) is 0 Å². The van der Waals surface area contributed by atoms with Crippen molar-refractivity contribution < 1.29 is 9.59 Å². The zero-order valence-corrected chi connectivity index (χ0v) is 13.3. The highest BCUT2D eigenvalue weighted by Gasteiger charge is 2.22. The fraction of sp³-hybridized carbons (Fsp3) is 0.176. The average molecular weight is 336 g/mol. The lowest BCUT2D eigenvalue weighted by Gasteiger charge is -2.26. The Balaban J connectivity index is 1.58. The minimum Gasteiger partial charge on any atom is -0.383 e. The summed E-state index contributed by atoms with van der Waals surface area (Å²) in [6, 6.07) is 9.53. The van der Waals surface area contributed by atoms with Crippen molar-refractivity contribution in [2.45, 2.75) is 12.5 Å². The van der Waals surface area contributed by atoms with Gasteiger partial charge in [-0.1, -0.05) is 18.2 Å². The molecular formula is C17H16N6O2. The lowest BCUT2D eigenvalue weighted by atomic mass is 9.99. The van der Waals surface area contributed by atoms with E-state index in [0.717, 1.165) is 17.7 Å². The van der Waals surface area contributed by atoms with Gasteiger partial charge in [-0.15, -0.1) is 0 Å². The summed E-state index contributed by atoms with van der Waals surface area (Å²) in [7, 11) is 0. The zero-order chi connectivity index (χ0) is 17.4. The van der Waals surface area contributed by atoms with Crippen LogP contribution in [0.25, 0.3) is 5.65 Å². The van der Waals surface area contributed by atoms with E-state index in [2.05, 4.69) is 20.7 Å². The maximum atomic E-state index is 12.7. The number of carbonyl (C=O) groups is 2. The normalized spacial score (nSPS) is 16.1. The van der Waals surface area contributed by atoms with Crippen LogP contribution in [0, 0.1) is 0 Å². The summed E-state index contributed by atoms with van der Waals surface area (Å²) in [5.74, 6) is -0.911. The smallest absolute Gasteiger partial charge is 0.270 e. The van der Waals surface area contributed by atoms with Crippen molar-refractivity contribution in [2.24, 2.45) is 5.73 Å². The van der Waals surface area contributed by atoms with Crippen LogP contribution in [0.4, 0.5) is 5.69 Å². The number of hydrogen-bond acceptors (Lipinski definition) is 5. The Morgan fingerprint density at radius 1 is 1.28 bits per heavy atom. The minimum absolute atomic E-state index is 0.0446. The van der Waals surface area contributed by atoms with Gasteiger partial charge in [0.25, 0.3) is 11.8 Å². The lowest BCUT2D eigenvalue weighted by molar-refractivity contribution is 0.0929. The summed E-state index contributed by atoms with van der Waals surface area (Å²) in [6.07, 6.45) is 3.53. The van der Waals surface area contributed by atoms with Crippen LogP contribution in [0.5, 0.6) is 0 Å². The second kappa shape index (κ2) is 5.90. The molecule has 8 nitrogen and oxygen atoms in total. The highest BCUT2D eigenvalue weighted by molar-refractivity contribution is 5.99. The van der Waals surface area contributed by atoms with E-state index in [1.165, 1.54) is 16.9 Å². The summed E-state index contributed by atoms with van der Waals surface area (Å²) < 4.78 is 1.33. The number of carbonyl (C=O) groups excluding carboxylic acids is 2. The molecule has 0 radical (unpaired) electrons. The lowest BCUT2D eigenvalue weighted by Crippen LogP contribution is -2.44. The first-order chi connectivity index (χ1) is 12.1. The zero-order valence-electron chi connectivity index (χ0n) is 13.3.